The Bertz CT molecular complexity index is 617. The summed E-state index contributed by atoms with van der Waals surface area (Å²) in [6.45, 7) is 4.12. The number of halogens is 2. The van der Waals surface area contributed by atoms with E-state index in [1.165, 1.54) is 18.7 Å². The summed E-state index contributed by atoms with van der Waals surface area (Å²) in [5.41, 5.74) is 2.08. The molecule has 0 saturated heterocycles. The molecule has 1 unspecified atom stereocenters. The fourth-order valence-electron chi connectivity index (χ4n) is 2.30. The Morgan fingerprint density at radius 2 is 1.71 bits per heavy atom. The van der Waals surface area contributed by atoms with Crippen LogP contribution in [-0.2, 0) is 0 Å². The van der Waals surface area contributed by atoms with E-state index in [-0.39, 0.29) is 23.7 Å². The molecule has 0 saturated carbocycles. The predicted molar refractivity (Wildman–Crippen MR) is 87.1 cm³/mol. The van der Waals surface area contributed by atoms with Gasteiger partial charge in [-0.05, 0) is 49.2 Å². The highest BCUT2D eigenvalue weighted by molar-refractivity contribution is 9.10. The summed E-state index contributed by atoms with van der Waals surface area (Å²) in [6.07, 6.45) is 0. The lowest BCUT2D eigenvalue weighted by molar-refractivity contribution is 0.385. The third kappa shape index (κ3) is 4.05. The standard InChI is InChI=1S/C17H19BrFNO/c1-11(13-5-4-6-15(18)9-13)20-12(2)14-7-8-17(21-3)16(19)10-14/h4-12,20H,1-3H3/t11-,12?/m0/s1. The van der Waals surface area contributed by atoms with Crippen LogP contribution in [0.5, 0.6) is 5.75 Å². The SMILES string of the molecule is COc1ccc(C(C)N[C@@H](C)c2cccc(Br)c2)cc1F. The number of ether oxygens (including phenoxy) is 1. The van der Waals surface area contributed by atoms with Crippen molar-refractivity contribution in [3.05, 3.63) is 63.9 Å². The van der Waals surface area contributed by atoms with Crippen molar-refractivity contribution < 1.29 is 9.13 Å². The number of benzene rings is 2. The van der Waals surface area contributed by atoms with Crippen molar-refractivity contribution in [1.82, 2.24) is 5.32 Å². The van der Waals surface area contributed by atoms with E-state index in [0.717, 1.165) is 10.0 Å². The van der Waals surface area contributed by atoms with E-state index in [4.69, 9.17) is 4.74 Å². The molecule has 0 bridgehead atoms. The third-order valence-electron chi connectivity index (χ3n) is 3.52. The van der Waals surface area contributed by atoms with Gasteiger partial charge in [0.2, 0.25) is 0 Å². The van der Waals surface area contributed by atoms with Gasteiger partial charge in [-0.3, -0.25) is 0 Å². The molecule has 21 heavy (non-hydrogen) atoms. The maximum Gasteiger partial charge on any atom is 0.165 e. The van der Waals surface area contributed by atoms with Crippen LogP contribution >= 0.6 is 15.9 Å². The summed E-state index contributed by atoms with van der Waals surface area (Å²) in [5.74, 6) is -0.0650. The molecule has 0 aliphatic heterocycles. The van der Waals surface area contributed by atoms with Gasteiger partial charge < -0.3 is 10.1 Å². The lowest BCUT2D eigenvalue weighted by Gasteiger charge is -2.21. The third-order valence-corrected chi connectivity index (χ3v) is 4.02. The molecule has 0 aliphatic carbocycles. The second-order valence-electron chi connectivity index (χ2n) is 5.06. The topological polar surface area (TPSA) is 21.3 Å². The number of rotatable bonds is 5. The van der Waals surface area contributed by atoms with E-state index < -0.39 is 0 Å². The smallest absolute Gasteiger partial charge is 0.165 e. The molecule has 2 rings (SSSR count). The van der Waals surface area contributed by atoms with Gasteiger partial charge in [0, 0.05) is 16.6 Å². The average molecular weight is 352 g/mol. The molecular formula is C17H19BrFNO. The van der Waals surface area contributed by atoms with E-state index in [9.17, 15) is 4.39 Å². The quantitative estimate of drug-likeness (QED) is 0.817. The van der Waals surface area contributed by atoms with Gasteiger partial charge in [-0.1, -0.05) is 34.1 Å². The Morgan fingerprint density at radius 3 is 2.29 bits per heavy atom. The van der Waals surface area contributed by atoms with Crippen molar-refractivity contribution in [3.63, 3.8) is 0 Å². The monoisotopic (exact) mass is 351 g/mol. The first kappa shape index (κ1) is 16.0. The fraction of sp³-hybridized carbons (Fsp3) is 0.294. The summed E-state index contributed by atoms with van der Waals surface area (Å²) in [5, 5.41) is 3.48. The minimum atomic E-state index is -0.334. The lowest BCUT2D eigenvalue weighted by Crippen LogP contribution is -2.22. The molecular weight excluding hydrogens is 333 g/mol. The molecule has 2 aromatic rings. The molecule has 2 nitrogen and oxygen atoms in total. The highest BCUT2D eigenvalue weighted by Gasteiger charge is 2.13. The van der Waals surface area contributed by atoms with Crippen LogP contribution in [0.3, 0.4) is 0 Å². The number of methoxy groups -OCH3 is 1. The molecule has 0 heterocycles. The second-order valence-corrected chi connectivity index (χ2v) is 5.97. The Hall–Kier alpha value is -1.39. The first-order valence-electron chi connectivity index (χ1n) is 6.86. The zero-order valence-electron chi connectivity index (χ0n) is 12.4. The van der Waals surface area contributed by atoms with Crippen LogP contribution in [0.2, 0.25) is 0 Å². The maximum absolute atomic E-state index is 13.8. The minimum Gasteiger partial charge on any atom is -0.494 e. The molecule has 0 amide bonds. The summed E-state index contributed by atoms with van der Waals surface area (Å²) >= 11 is 3.48. The van der Waals surface area contributed by atoms with E-state index in [1.807, 2.05) is 25.1 Å². The van der Waals surface area contributed by atoms with Crippen LogP contribution in [-0.4, -0.2) is 7.11 Å². The lowest BCUT2D eigenvalue weighted by atomic mass is 10.0. The van der Waals surface area contributed by atoms with Gasteiger partial charge in [0.25, 0.3) is 0 Å². The summed E-state index contributed by atoms with van der Waals surface area (Å²) in [4.78, 5) is 0. The van der Waals surface area contributed by atoms with Gasteiger partial charge in [0.1, 0.15) is 0 Å². The zero-order chi connectivity index (χ0) is 15.4. The first-order chi connectivity index (χ1) is 10.0. The molecule has 2 atom stereocenters. The van der Waals surface area contributed by atoms with Crippen LogP contribution in [0.1, 0.15) is 37.1 Å². The highest BCUT2D eigenvalue weighted by atomic mass is 79.9. The van der Waals surface area contributed by atoms with Crippen molar-refractivity contribution in [2.24, 2.45) is 0 Å². The van der Waals surface area contributed by atoms with Gasteiger partial charge in [-0.2, -0.15) is 0 Å². The highest BCUT2D eigenvalue weighted by Crippen LogP contribution is 2.25. The van der Waals surface area contributed by atoms with Crippen LogP contribution in [0.4, 0.5) is 4.39 Å². The molecule has 0 spiro atoms. The maximum atomic E-state index is 13.8. The Kier molecular flexibility index (Phi) is 5.37. The molecule has 2 aromatic carbocycles. The summed E-state index contributed by atoms with van der Waals surface area (Å²) < 4.78 is 19.8. The predicted octanol–water partition coefficient (Wildman–Crippen LogP) is 5.01. The number of hydrogen-bond acceptors (Lipinski definition) is 2. The molecule has 112 valence electrons. The van der Waals surface area contributed by atoms with Crippen LogP contribution in [0.15, 0.2) is 46.9 Å². The van der Waals surface area contributed by atoms with Crippen LogP contribution < -0.4 is 10.1 Å². The van der Waals surface area contributed by atoms with Crippen molar-refractivity contribution in [2.75, 3.05) is 7.11 Å². The van der Waals surface area contributed by atoms with Crippen molar-refractivity contribution in [1.29, 1.82) is 0 Å². The fourth-order valence-corrected chi connectivity index (χ4v) is 2.71. The molecule has 0 radical (unpaired) electrons. The summed E-state index contributed by atoms with van der Waals surface area (Å²) in [7, 11) is 1.47. The van der Waals surface area contributed by atoms with Gasteiger partial charge in [-0.25, -0.2) is 4.39 Å². The van der Waals surface area contributed by atoms with E-state index in [0.29, 0.717) is 0 Å². The van der Waals surface area contributed by atoms with Gasteiger partial charge in [-0.15, -0.1) is 0 Å². The first-order valence-corrected chi connectivity index (χ1v) is 7.65. The molecule has 0 aliphatic rings. The Morgan fingerprint density at radius 1 is 1.05 bits per heavy atom. The van der Waals surface area contributed by atoms with Crippen molar-refractivity contribution in [3.8, 4) is 5.75 Å². The summed E-state index contributed by atoms with van der Waals surface area (Å²) in [6, 6.07) is 13.4. The van der Waals surface area contributed by atoms with Crippen molar-refractivity contribution in [2.45, 2.75) is 25.9 Å². The number of hydrogen-bond donors (Lipinski definition) is 1. The van der Waals surface area contributed by atoms with Gasteiger partial charge in [0.15, 0.2) is 11.6 Å². The number of nitrogens with one attached hydrogen (secondary N) is 1. The van der Waals surface area contributed by atoms with Gasteiger partial charge in [0.05, 0.1) is 7.11 Å². The Labute approximate surface area is 133 Å². The molecule has 0 fully saturated rings. The largest absolute Gasteiger partial charge is 0.494 e. The zero-order valence-corrected chi connectivity index (χ0v) is 13.9. The molecule has 1 N–H and O–H groups in total. The van der Waals surface area contributed by atoms with Crippen LogP contribution in [0.25, 0.3) is 0 Å². The molecule has 0 aromatic heterocycles. The normalized spacial score (nSPS) is 13.8. The van der Waals surface area contributed by atoms with Gasteiger partial charge >= 0.3 is 0 Å². The Balaban J connectivity index is 2.10. The van der Waals surface area contributed by atoms with Crippen molar-refractivity contribution >= 4 is 15.9 Å². The van der Waals surface area contributed by atoms with E-state index in [1.54, 1.807) is 6.07 Å². The second kappa shape index (κ2) is 7.05. The molecule has 4 heteroatoms. The van der Waals surface area contributed by atoms with Crippen LogP contribution in [0, 0.1) is 5.82 Å². The average Bonchev–Trinajstić information content (AvgIpc) is 2.47. The van der Waals surface area contributed by atoms with E-state index in [2.05, 4.69) is 40.3 Å². The van der Waals surface area contributed by atoms with E-state index >= 15 is 0 Å². The minimum absolute atomic E-state index is 0.0411.